The van der Waals surface area contributed by atoms with Crippen LogP contribution in [0.25, 0.3) is 11.1 Å². The normalized spacial score (nSPS) is 14.7. The number of nitrogens with zero attached hydrogens (tertiary/aromatic N) is 3. The molecule has 3 aromatic rings. The van der Waals surface area contributed by atoms with E-state index < -0.39 is 15.9 Å². The third-order valence-corrected chi connectivity index (χ3v) is 6.18. The smallest absolute Gasteiger partial charge is 0.264 e. The first-order valence-electron chi connectivity index (χ1n) is 10.7. The van der Waals surface area contributed by atoms with Crippen LogP contribution in [0.1, 0.15) is 15.9 Å². The molecule has 1 aliphatic heterocycles. The minimum atomic E-state index is -3.61. The van der Waals surface area contributed by atoms with E-state index in [0.717, 1.165) is 43.7 Å². The summed E-state index contributed by atoms with van der Waals surface area (Å²) in [6.45, 7) is 3.73. The summed E-state index contributed by atoms with van der Waals surface area (Å²) >= 11 is 0. The van der Waals surface area contributed by atoms with Crippen LogP contribution in [0.2, 0.25) is 0 Å². The van der Waals surface area contributed by atoms with Crippen molar-refractivity contribution >= 4 is 21.6 Å². The SMILES string of the molecule is CS(=O)(=O)NC(=O)c1ccc(N2CCN(Cc3ccc(-c4cncc(O)c4)c(F)c3)CC2)cc1. The zero-order chi connectivity index (χ0) is 24.3. The summed E-state index contributed by atoms with van der Waals surface area (Å²) in [6.07, 6.45) is 3.76. The molecule has 1 aromatic heterocycles. The molecule has 0 spiro atoms. The molecule has 2 N–H and O–H groups in total. The molecule has 0 radical (unpaired) electrons. The molecule has 178 valence electrons. The first-order valence-corrected chi connectivity index (χ1v) is 12.6. The molecule has 0 aliphatic carbocycles. The molecule has 2 heterocycles. The number of anilines is 1. The van der Waals surface area contributed by atoms with Crippen molar-refractivity contribution < 1.29 is 22.7 Å². The van der Waals surface area contributed by atoms with Gasteiger partial charge in [0.25, 0.3) is 5.91 Å². The quantitative estimate of drug-likeness (QED) is 0.554. The lowest BCUT2D eigenvalue weighted by Crippen LogP contribution is -2.46. The van der Waals surface area contributed by atoms with E-state index >= 15 is 0 Å². The van der Waals surface area contributed by atoms with Crippen molar-refractivity contribution in [2.45, 2.75) is 6.54 Å². The van der Waals surface area contributed by atoms with Crippen LogP contribution in [0, 0.1) is 5.82 Å². The van der Waals surface area contributed by atoms with Gasteiger partial charge in [0.1, 0.15) is 11.6 Å². The maximum Gasteiger partial charge on any atom is 0.264 e. The second-order valence-corrected chi connectivity index (χ2v) is 10.0. The lowest BCUT2D eigenvalue weighted by Gasteiger charge is -2.36. The molecule has 1 saturated heterocycles. The van der Waals surface area contributed by atoms with Crippen LogP contribution in [0.4, 0.5) is 10.1 Å². The highest BCUT2D eigenvalue weighted by atomic mass is 32.2. The minimum Gasteiger partial charge on any atom is -0.506 e. The Morgan fingerprint density at radius 2 is 1.76 bits per heavy atom. The van der Waals surface area contributed by atoms with Crippen molar-refractivity contribution in [3.05, 3.63) is 77.9 Å². The maximum absolute atomic E-state index is 14.7. The zero-order valence-corrected chi connectivity index (χ0v) is 19.4. The first kappa shape index (κ1) is 23.7. The van der Waals surface area contributed by atoms with E-state index in [2.05, 4.69) is 14.8 Å². The number of benzene rings is 2. The highest BCUT2D eigenvalue weighted by Crippen LogP contribution is 2.26. The van der Waals surface area contributed by atoms with E-state index in [9.17, 15) is 22.7 Å². The number of carbonyl (C=O) groups excluding carboxylic acids is 1. The van der Waals surface area contributed by atoms with Gasteiger partial charge in [-0.2, -0.15) is 0 Å². The molecule has 0 unspecified atom stereocenters. The third kappa shape index (κ3) is 5.89. The van der Waals surface area contributed by atoms with Crippen molar-refractivity contribution in [2.75, 3.05) is 37.3 Å². The van der Waals surface area contributed by atoms with Crippen molar-refractivity contribution in [2.24, 2.45) is 0 Å². The van der Waals surface area contributed by atoms with E-state index in [1.54, 1.807) is 30.3 Å². The second kappa shape index (κ2) is 9.78. The van der Waals surface area contributed by atoms with Gasteiger partial charge in [-0.3, -0.25) is 14.7 Å². The Kier molecular flexibility index (Phi) is 6.80. The maximum atomic E-state index is 14.7. The van der Waals surface area contributed by atoms with Gasteiger partial charge in [0.05, 0.1) is 12.5 Å². The van der Waals surface area contributed by atoms with Gasteiger partial charge in [0.2, 0.25) is 10.0 Å². The van der Waals surface area contributed by atoms with Crippen molar-refractivity contribution in [3.8, 4) is 16.9 Å². The predicted molar refractivity (Wildman–Crippen MR) is 128 cm³/mol. The number of rotatable bonds is 6. The topological polar surface area (TPSA) is 103 Å². The van der Waals surface area contributed by atoms with Crippen molar-refractivity contribution in [3.63, 3.8) is 0 Å². The van der Waals surface area contributed by atoms with Crippen LogP contribution in [-0.2, 0) is 16.6 Å². The van der Waals surface area contributed by atoms with Crippen LogP contribution in [0.5, 0.6) is 5.75 Å². The summed E-state index contributed by atoms with van der Waals surface area (Å²) in [5.74, 6) is -1.02. The lowest BCUT2D eigenvalue weighted by molar-refractivity contribution is 0.0981. The lowest BCUT2D eigenvalue weighted by atomic mass is 10.0. The molecular formula is C24H25FN4O4S. The number of aromatic hydroxyl groups is 1. The van der Waals surface area contributed by atoms with Crippen LogP contribution < -0.4 is 9.62 Å². The van der Waals surface area contributed by atoms with Crippen LogP contribution in [-0.4, -0.2) is 61.8 Å². The van der Waals surface area contributed by atoms with E-state index in [1.807, 2.05) is 10.8 Å². The molecule has 1 amide bonds. The van der Waals surface area contributed by atoms with Gasteiger partial charge in [-0.15, -0.1) is 0 Å². The number of piperazine rings is 1. The van der Waals surface area contributed by atoms with Gasteiger partial charge in [-0.1, -0.05) is 12.1 Å². The number of pyridine rings is 1. The minimum absolute atomic E-state index is 0.00865. The summed E-state index contributed by atoms with van der Waals surface area (Å²) in [7, 11) is -3.61. The monoisotopic (exact) mass is 484 g/mol. The number of halogens is 1. The largest absolute Gasteiger partial charge is 0.506 e. The summed E-state index contributed by atoms with van der Waals surface area (Å²) in [5, 5.41) is 9.58. The molecule has 8 nitrogen and oxygen atoms in total. The molecule has 2 aromatic carbocycles. The van der Waals surface area contributed by atoms with Gasteiger partial charge >= 0.3 is 0 Å². The molecule has 10 heteroatoms. The predicted octanol–water partition coefficient (Wildman–Crippen LogP) is 2.60. The molecule has 0 atom stereocenters. The fourth-order valence-corrected chi connectivity index (χ4v) is 4.39. The van der Waals surface area contributed by atoms with Crippen LogP contribution in [0.15, 0.2) is 60.9 Å². The Hall–Kier alpha value is -3.50. The zero-order valence-electron chi connectivity index (χ0n) is 18.6. The molecule has 0 saturated carbocycles. The number of carbonyl (C=O) groups is 1. The Bertz CT molecular complexity index is 1290. The molecule has 0 bridgehead atoms. The number of hydrogen-bond donors (Lipinski definition) is 2. The number of amides is 1. The molecule has 4 rings (SSSR count). The van der Waals surface area contributed by atoms with Gasteiger partial charge in [0.15, 0.2) is 0 Å². The fraction of sp³-hybridized carbons (Fsp3) is 0.250. The summed E-state index contributed by atoms with van der Waals surface area (Å²) in [4.78, 5) is 20.3. The number of sulfonamides is 1. The Labute approximate surface area is 197 Å². The van der Waals surface area contributed by atoms with Crippen molar-refractivity contribution in [1.82, 2.24) is 14.6 Å². The average Bonchev–Trinajstić information content (AvgIpc) is 2.79. The molecule has 1 aliphatic rings. The Morgan fingerprint density at radius 3 is 2.38 bits per heavy atom. The van der Waals surface area contributed by atoms with Gasteiger partial charge in [0, 0.05) is 61.3 Å². The highest BCUT2D eigenvalue weighted by Gasteiger charge is 2.19. The summed E-state index contributed by atoms with van der Waals surface area (Å²) in [6, 6.07) is 13.4. The van der Waals surface area contributed by atoms with E-state index in [0.29, 0.717) is 17.7 Å². The van der Waals surface area contributed by atoms with E-state index in [-0.39, 0.29) is 17.1 Å². The van der Waals surface area contributed by atoms with Crippen LogP contribution >= 0.6 is 0 Å². The molecule has 34 heavy (non-hydrogen) atoms. The van der Waals surface area contributed by atoms with Gasteiger partial charge in [-0.05, 0) is 42.0 Å². The van der Waals surface area contributed by atoms with Crippen molar-refractivity contribution in [1.29, 1.82) is 0 Å². The van der Waals surface area contributed by atoms with Gasteiger partial charge < -0.3 is 10.0 Å². The first-order chi connectivity index (χ1) is 16.2. The standard InChI is InChI=1S/C24H25FN4O4S/c1-34(32,33)27-24(31)18-3-5-20(6-4-18)29-10-8-28(9-11-29)16-17-2-7-22(23(25)12-17)19-13-21(30)15-26-14-19/h2-7,12-15,30H,8-11,16H2,1H3,(H,27,31). The highest BCUT2D eigenvalue weighted by molar-refractivity contribution is 7.89. The molecule has 1 fully saturated rings. The Morgan fingerprint density at radius 1 is 1.06 bits per heavy atom. The number of aromatic nitrogens is 1. The fourth-order valence-electron chi connectivity index (χ4n) is 3.94. The third-order valence-electron chi connectivity index (χ3n) is 5.62. The van der Waals surface area contributed by atoms with Gasteiger partial charge in [-0.25, -0.2) is 17.5 Å². The average molecular weight is 485 g/mol. The molecular weight excluding hydrogens is 459 g/mol. The van der Waals surface area contributed by atoms with Crippen LogP contribution in [0.3, 0.4) is 0 Å². The summed E-state index contributed by atoms with van der Waals surface area (Å²) < 4.78 is 39.1. The number of nitrogens with one attached hydrogen (secondary N) is 1. The van der Waals surface area contributed by atoms with E-state index in [4.69, 9.17) is 0 Å². The summed E-state index contributed by atoms with van der Waals surface area (Å²) in [5.41, 5.74) is 3.01. The Balaban J connectivity index is 1.33. The number of hydrogen-bond acceptors (Lipinski definition) is 7. The second-order valence-electron chi connectivity index (χ2n) is 8.26. The van der Waals surface area contributed by atoms with E-state index in [1.165, 1.54) is 24.5 Å².